The van der Waals surface area contributed by atoms with Gasteiger partial charge in [-0.3, -0.25) is 4.79 Å². The molecule has 0 atom stereocenters. The Labute approximate surface area is 105 Å². The van der Waals surface area contributed by atoms with Crippen molar-refractivity contribution in [3.05, 3.63) is 0 Å². The maximum absolute atomic E-state index is 10.3. The molecule has 0 saturated carbocycles. The number of ether oxygens (including phenoxy) is 2. The molecular formula is C12H28O5. The van der Waals surface area contributed by atoms with Crippen LogP contribution in [0.1, 0.15) is 40.5 Å². The fraction of sp³-hybridized carbons (Fsp3) is 0.917. The maximum atomic E-state index is 10.3. The zero-order chi connectivity index (χ0) is 13.9. The van der Waals surface area contributed by atoms with E-state index in [0.717, 1.165) is 19.6 Å². The van der Waals surface area contributed by atoms with E-state index in [1.54, 1.807) is 6.92 Å². The van der Waals surface area contributed by atoms with Crippen molar-refractivity contribution in [1.29, 1.82) is 0 Å². The Balaban J connectivity index is -0.000000188. The van der Waals surface area contributed by atoms with E-state index in [2.05, 4.69) is 0 Å². The first-order valence-electron chi connectivity index (χ1n) is 6.09. The number of carbonyl (C=O) groups is 1. The van der Waals surface area contributed by atoms with Crippen LogP contribution >= 0.6 is 0 Å². The van der Waals surface area contributed by atoms with Crippen molar-refractivity contribution in [1.82, 2.24) is 0 Å². The lowest BCUT2D eigenvalue weighted by Gasteiger charge is -1.97. The van der Waals surface area contributed by atoms with Gasteiger partial charge in [-0.2, -0.15) is 0 Å². The third kappa shape index (κ3) is 39.2. The minimum atomic E-state index is -0.125. The fourth-order valence-electron chi connectivity index (χ4n) is 0.522. The van der Waals surface area contributed by atoms with Crippen LogP contribution in [-0.2, 0) is 14.3 Å². The first-order chi connectivity index (χ1) is 8.14. The van der Waals surface area contributed by atoms with Crippen molar-refractivity contribution in [2.75, 3.05) is 33.0 Å². The monoisotopic (exact) mass is 252 g/mol. The summed E-state index contributed by atoms with van der Waals surface area (Å²) in [6.45, 7) is 9.74. The molecule has 0 aromatic rings. The highest BCUT2D eigenvalue weighted by Gasteiger charge is 1.93. The minimum Gasteiger partial charge on any atom is -0.466 e. The van der Waals surface area contributed by atoms with Gasteiger partial charge < -0.3 is 19.7 Å². The smallest absolute Gasteiger partial charge is 0.305 e. The molecule has 0 aromatic heterocycles. The molecule has 5 nitrogen and oxygen atoms in total. The molecule has 0 heterocycles. The summed E-state index contributed by atoms with van der Waals surface area (Å²) in [5, 5.41) is 15.2. The second kappa shape index (κ2) is 24.5. The van der Waals surface area contributed by atoms with Gasteiger partial charge in [-0.25, -0.2) is 0 Å². The van der Waals surface area contributed by atoms with Crippen LogP contribution in [0.2, 0.25) is 0 Å². The molecule has 0 aliphatic rings. The summed E-state index contributed by atoms with van der Waals surface area (Å²) in [5.41, 5.74) is 0. The summed E-state index contributed by atoms with van der Waals surface area (Å²) in [4.78, 5) is 10.3. The van der Waals surface area contributed by atoms with E-state index in [-0.39, 0.29) is 19.2 Å². The van der Waals surface area contributed by atoms with Crippen LogP contribution in [0.25, 0.3) is 0 Å². The van der Waals surface area contributed by atoms with Gasteiger partial charge in [0.2, 0.25) is 0 Å². The standard InChI is InChI=1S/C6H12O2.C4H10O.C2H6O2/c1-3-5-8-6(7)4-2;1-3-5-4-2;3-1-2-4/h3-5H2,1-2H3;3-4H2,1-2H3;3-4H,1-2H2. The molecule has 0 rings (SSSR count). The van der Waals surface area contributed by atoms with E-state index < -0.39 is 0 Å². The molecular weight excluding hydrogens is 224 g/mol. The molecule has 0 aliphatic carbocycles. The van der Waals surface area contributed by atoms with E-state index in [9.17, 15) is 4.79 Å². The summed E-state index contributed by atoms with van der Waals surface area (Å²) in [6.07, 6.45) is 1.39. The van der Waals surface area contributed by atoms with Crippen LogP contribution in [0, 0.1) is 0 Å². The topological polar surface area (TPSA) is 76.0 Å². The van der Waals surface area contributed by atoms with Gasteiger partial charge in [0.25, 0.3) is 0 Å². The van der Waals surface area contributed by atoms with Crippen molar-refractivity contribution >= 4 is 5.97 Å². The predicted molar refractivity (Wildman–Crippen MR) is 67.9 cm³/mol. The Morgan fingerprint density at radius 3 is 1.65 bits per heavy atom. The highest BCUT2D eigenvalue weighted by atomic mass is 16.5. The van der Waals surface area contributed by atoms with Gasteiger partial charge >= 0.3 is 5.97 Å². The van der Waals surface area contributed by atoms with Crippen LogP contribution in [0.3, 0.4) is 0 Å². The Morgan fingerprint density at radius 2 is 1.47 bits per heavy atom. The molecule has 0 radical (unpaired) electrons. The molecule has 0 aliphatic heterocycles. The van der Waals surface area contributed by atoms with Crippen molar-refractivity contribution in [2.24, 2.45) is 0 Å². The molecule has 5 heteroatoms. The average molecular weight is 252 g/mol. The van der Waals surface area contributed by atoms with Gasteiger partial charge in [-0.05, 0) is 20.3 Å². The van der Waals surface area contributed by atoms with Crippen molar-refractivity contribution in [2.45, 2.75) is 40.5 Å². The largest absolute Gasteiger partial charge is 0.466 e. The first kappa shape index (κ1) is 21.6. The Hall–Kier alpha value is -0.650. The number of rotatable bonds is 6. The van der Waals surface area contributed by atoms with Gasteiger partial charge in [0.15, 0.2) is 0 Å². The van der Waals surface area contributed by atoms with Gasteiger partial charge in [0.1, 0.15) is 0 Å². The van der Waals surface area contributed by atoms with Gasteiger partial charge in [0, 0.05) is 19.6 Å². The fourth-order valence-corrected chi connectivity index (χ4v) is 0.522. The lowest BCUT2D eigenvalue weighted by molar-refractivity contribution is -0.143. The third-order valence-electron chi connectivity index (χ3n) is 1.26. The number of aliphatic hydroxyl groups is 2. The number of aliphatic hydroxyl groups excluding tert-OH is 2. The second-order valence-electron chi connectivity index (χ2n) is 2.80. The lowest BCUT2D eigenvalue weighted by atomic mass is 10.5. The predicted octanol–water partition coefficient (Wildman–Crippen LogP) is 1.36. The van der Waals surface area contributed by atoms with Crippen molar-refractivity contribution in [3.63, 3.8) is 0 Å². The Kier molecular flexibility index (Phi) is 31.2. The van der Waals surface area contributed by atoms with Crippen LogP contribution in [0.15, 0.2) is 0 Å². The van der Waals surface area contributed by atoms with E-state index in [1.165, 1.54) is 0 Å². The van der Waals surface area contributed by atoms with Crippen molar-refractivity contribution in [3.8, 4) is 0 Å². The van der Waals surface area contributed by atoms with E-state index in [1.807, 2.05) is 20.8 Å². The summed E-state index contributed by atoms with van der Waals surface area (Å²) >= 11 is 0. The normalized spacial score (nSPS) is 8.35. The molecule has 17 heavy (non-hydrogen) atoms. The Bertz CT molecular complexity index is 124. The molecule has 2 N–H and O–H groups in total. The molecule has 0 spiro atoms. The maximum Gasteiger partial charge on any atom is 0.305 e. The number of carbonyl (C=O) groups excluding carboxylic acids is 1. The second-order valence-corrected chi connectivity index (χ2v) is 2.80. The number of hydrogen-bond donors (Lipinski definition) is 2. The summed E-state index contributed by atoms with van der Waals surface area (Å²) in [5.74, 6) is -0.105. The molecule has 106 valence electrons. The van der Waals surface area contributed by atoms with E-state index >= 15 is 0 Å². The highest BCUT2D eigenvalue weighted by molar-refractivity contribution is 5.68. The number of hydrogen-bond acceptors (Lipinski definition) is 5. The molecule has 0 amide bonds. The van der Waals surface area contributed by atoms with Crippen LogP contribution in [0.5, 0.6) is 0 Å². The molecule has 0 saturated heterocycles. The molecule has 0 bridgehead atoms. The molecule has 0 fully saturated rings. The first-order valence-corrected chi connectivity index (χ1v) is 6.09. The number of esters is 1. The average Bonchev–Trinajstić information content (AvgIpc) is 2.37. The van der Waals surface area contributed by atoms with Crippen LogP contribution in [-0.4, -0.2) is 49.2 Å². The molecule has 0 aromatic carbocycles. The zero-order valence-electron chi connectivity index (χ0n) is 11.6. The van der Waals surface area contributed by atoms with Gasteiger partial charge in [-0.15, -0.1) is 0 Å². The summed E-state index contributed by atoms with van der Waals surface area (Å²) in [7, 11) is 0. The summed E-state index contributed by atoms with van der Waals surface area (Å²) in [6, 6.07) is 0. The highest BCUT2D eigenvalue weighted by Crippen LogP contribution is 1.85. The quantitative estimate of drug-likeness (QED) is 0.698. The third-order valence-corrected chi connectivity index (χ3v) is 1.26. The minimum absolute atomic E-state index is 0.105. The van der Waals surface area contributed by atoms with Gasteiger partial charge in [0.05, 0.1) is 19.8 Å². The van der Waals surface area contributed by atoms with Gasteiger partial charge in [-0.1, -0.05) is 13.8 Å². The van der Waals surface area contributed by atoms with E-state index in [0.29, 0.717) is 13.0 Å². The van der Waals surface area contributed by atoms with Crippen LogP contribution in [0.4, 0.5) is 0 Å². The van der Waals surface area contributed by atoms with E-state index in [4.69, 9.17) is 19.7 Å². The summed E-state index contributed by atoms with van der Waals surface area (Å²) < 4.78 is 9.53. The lowest BCUT2D eigenvalue weighted by Crippen LogP contribution is -2.02. The molecule has 0 unspecified atom stereocenters. The van der Waals surface area contributed by atoms with Crippen LogP contribution < -0.4 is 0 Å². The SMILES string of the molecule is CCCOC(=O)CC.CCOCC.OCCO. The van der Waals surface area contributed by atoms with Crippen molar-refractivity contribution < 1.29 is 24.5 Å². The zero-order valence-corrected chi connectivity index (χ0v) is 11.6. The Morgan fingerprint density at radius 1 is 1.00 bits per heavy atom.